The Bertz CT molecular complexity index is 1020. The quantitative estimate of drug-likeness (QED) is 0.718. The van der Waals surface area contributed by atoms with Crippen LogP contribution in [0, 0.1) is 0 Å². The maximum absolute atomic E-state index is 12.7. The van der Waals surface area contributed by atoms with Crippen LogP contribution in [-0.2, 0) is 34.1 Å². The molecule has 30 heavy (non-hydrogen) atoms. The first-order valence-corrected chi connectivity index (χ1v) is 10.5. The largest absolute Gasteiger partial charge is 0.457 e. The summed E-state index contributed by atoms with van der Waals surface area (Å²) in [5, 5.41) is 0. The number of halogens is 3. The average Bonchev–Trinajstić information content (AvgIpc) is 2.71. The van der Waals surface area contributed by atoms with E-state index in [2.05, 4.69) is 9.44 Å². The summed E-state index contributed by atoms with van der Waals surface area (Å²) in [6, 6.07) is 9.66. The molecule has 2 aromatic rings. The molecule has 0 spiro atoms. The first kappa shape index (κ1) is 22.1. The lowest BCUT2D eigenvalue weighted by molar-refractivity contribution is -0.137. The lowest BCUT2D eigenvalue weighted by Crippen LogP contribution is -2.44. The van der Waals surface area contributed by atoms with E-state index in [1.807, 2.05) is 6.07 Å². The van der Waals surface area contributed by atoms with Gasteiger partial charge in [-0.2, -0.15) is 26.3 Å². The van der Waals surface area contributed by atoms with E-state index >= 15 is 0 Å². The van der Waals surface area contributed by atoms with Crippen molar-refractivity contribution >= 4 is 16.1 Å². The Morgan fingerprint density at radius 1 is 1.10 bits per heavy atom. The second kappa shape index (κ2) is 8.62. The number of carbonyl (C=O) groups excluding carboxylic acids is 1. The Hall–Kier alpha value is -2.63. The predicted molar refractivity (Wildman–Crippen MR) is 103 cm³/mol. The topological polar surface area (TPSA) is 87.7 Å². The highest BCUT2D eigenvalue weighted by molar-refractivity contribution is 7.87. The third-order valence-corrected chi connectivity index (χ3v) is 5.70. The summed E-state index contributed by atoms with van der Waals surface area (Å²) in [5.41, 5.74) is 1.09. The molecule has 0 saturated heterocycles. The van der Waals surface area contributed by atoms with E-state index in [4.69, 9.17) is 4.74 Å². The van der Waals surface area contributed by atoms with Crippen molar-refractivity contribution in [2.45, 2.75) is 19.1 Å². The van der Waals surface area contributed by atoms with Gasteiger partial charge in [-0.1, -0.05) is 6.07 Å². The Labute approximate surface area is 172 Å². The van der Waals surface area contributed by atoms with E-state index in [0.717, 1.165) is 23.3 Å². The number of fused-ring (bicyclic) bond motifs is 1. The third-order valence-electron chi connectivity index (χ3n) is 4.64. The van der Waals surface area contributed by atoms with Gasteiger partial charge in [-0.05, 0) is 53.9 Å². The molecule has 0 saturated carbocycles. The van der Waals surface area contributed by atoms with E-state index in [1.165, 1.54) is 24.1 Å². The molecular weight excluding hydrogens is 423 g/mol. The summed E-state index contributed by atoms with van der Waals surface area (Å²) in [6.07, 6.45) is -3.82. The number of hydrogen-bond acceptors (Lipinski definition) is 4. The number of nitrogens with one attached hydrogen (secondary N) is 2. The van der Waals surface area contributed by atoms with Crippen molar-refractivity contribution in [2.75, 3.05) is 20.1 Å². The van der Waals surface area contributed by atoms with Crippen LogP contribution in [0.15, 0.2) is 42.5 Å². The van der Waals surface area contributed by atoms with E-state index in [-0.39, 0.29) is 24.7 Å². The van der Waals surface area contributed by atoms with Crippen LogP contribution in [0.3, 0.4) is 0 Å². The highest BCUT2D eigenvalue weighted by Gasteiger charge is 2.30. The highest BCUT2D eigenvalue weighted by atomic mass is 32.2. The van der Waals surface area contributed by atoms with Gasteiger partial charge in [0.05, 0.1) is 12.1 Å². The number of nitrogens with zero attached hydrogens (tertiary/aromatic N) is 1. The molecule has 0 aromatic heterocycles. The van der Waals surface area contributed by atoms with Crippen molar-refractivity contribution in [3.63, 3.8) is 0 Å². The summed E-state index contributed by atoms with van der Waals surface area (Å²) >= 11 is 0. The molecule has 162 valence electrons. The van der Waals surface area contributed by atoms with Gasteiger partial charge < -0.3 is 9.64 Å². The monoisotopic (exact) mass is 443 g/mol. The van der Waals surface area contributed by atoms with E-state index in [1.54, 1.807) is 12.1 Å². The molecule has 7 nitrogen and oxygen atoms in total. The Morgan fingerprint density at radius 2 is 1.77 bits per heavy atom. The summed E-state index contributed by atoms with van der Waals surface area (Å²) in [6.45, 7) is 0.367. The van der Waals surface area contributed by atoms with Gasteiger partial charge in [0, 0.05) is 20.1 Å². The molecule has 11 heteroatoms. The average molecular weight is 443 g/mol. The molecule has 2 N–H and O–H groups in total. The standard InChI is InChI=1S/C19H20F3N3O4S/c1-23-30(27,28)24-11-18(26)25-9-8-13-2-5-17(10-14(13)12-25)29-16-6-3-15(4-7-16)19(20,21)22/h2-7,10,23-24H,8-9,11-12H2,1H3. The molecule has 1 amide bonds. The fourth-order valence-electron chi connectivity index (χ4n) is 3.00. The van der Waals surface area contributed by atoms with Gasteiger partial charge in [-0.3, -0.25) is 4.79 Å². The highest BCUT2D eigenvalue weighted by Crippen LogP contribution is 2.32. The molecular formula is C19H20F3N3O4S. The molecule has 0 fully saturated rings. The minimum absolute atomic E-state index is 0.258. The smallest absolute Gasteiger partial charge is 0.416 e. The minimum atomic E-state index is -4.41. The molecule has 0 radical (unpaired) electrons. The van der Waals surface area contributed by atoms with Crippen molar-refractivity contribution in [1.29, 1.82) is 0 Å². The van der Waals surface area contributed by atoms with Crippen molar-refractivity contribution in [3.05, 3.63) is 59.2 Å². The molecule has 1 heterocycles. The first-order valence-electron chi connectivity index (χ1n) is 9.00. The Balaban J connectivity index is 1.67. The SMILES string of the molecule is CNS(=O)(=O)NCC(=O)N1CCc2ccc(Oc3ccc(C(F)(F)F)cc3)cc2C1. The molecule has 1 aliphatic rings. The normalized spacial score (nSPS) is 14.3. The second-order valence-corrected chi connectivity index (χ2v) is 8.35. The van der Waals surface area contributed by atoms with Gasteiger partial charge in [0.15, 0.2) is 0 Å². The first-order chi connectivity index (χ1) is 14.1. The van der Waals surface area contributed by atoms with Crippen molar-refractivity contribution in [3.8, 4) is 11.5 Å². The van der Waals surface area contributed by atoms with Gasteiger partial charge in [0.1, 0.15) is 11.5 Å². The maximum atomic E-state index is 12.7. The number of benzene rings is 2. The van der Waals surface area contributed by atoms with Gasteiger partial charge in [0.25, 0.3) is 10.2 Å². The van der Waals surface area contributed by atoms with Crippen molar-refractivity contribution in [2.24, 2.45) is 0 Å². The van der Waals surface area contributed by atoms with Gasteiger partial charge in [0.2, 0.25) is 5.91 Å². The number of carbonyl (C=O) groups is 1. The van der Waals surface area contributed by atoms with Crippen molar-refractivity contribution < 1.29 is 31.1 Å². The maximum Gasteiger partial charge on any atom is 0.416 e. The van der Waals surface area contributed by atoms with Gasteiger partial charge in [-0.25, -0.2) is 4.72 Å². The second-order valence-electron chi connectivity index (χ2n) is 6.65. The lowest BCUT2D eigenvalue weighted by Gasteiger charge is -2.29. The lowest BCUT2D eigenvalue weighted by atomic mass is 9.99. The zero-order valence-corrected chi connectivity index (χ0v) is 16.8. The van der Waals surface area contributed by atoms with Crippen LogP contribution in [0.2, 0.25) is 0 Å². The summed E-state index contributed by atoms with van der Waals surface area (Å²) in [7, 11) is -2.47. The number of amides is 1. The number of rotatable bonds is 6. The van der Waals surface area contributed by atoms with Crippen LogP contribution in [0.25, 0.3) is 0 Å². The van der Waals surface area contributed by atoms with Crippen LogP contribution in [0.5, 0.6) is 11.5 Å². The van der Waals surface area contributed by atoms with E-state index in [9.17, 15) is 26.4 Å². The minimum Gasteiger partial charge on any atom is -0.457 e. The van der Waals surface area contributed by atoms with Crippen LogP contribution < -0.4 is 14.2 Å². The number of alkyl halides is 3. The van der Waals surface area contributed by atoms with E-state index < -0.39 is 21.9 Å². The van der Waals surface area contributed by atoms with Gasteiger partial charge >= 0.3 is 6.18 Å². The number of hydrogen-bond donors (Lipinski definition) is 2. The molecule has 3 rings (SSSR count). The Kier molecular flexibility index (Phi) is 6.34. The third kappa shape index (κ3) is 5.49. The molecule has 0 bridgehead atoms. The molecule has 0 atom stereocenters. The van der Waals surface area contributed by atoms with Crippen LogP contribution in [-0.4, -0.2) is 39.4 Å². The molecule has 1 aliphatic heterocycles. The summed E-state index contributed by atoms with van der Waals surface area (Å²) in [4.78, 5) is 13.8. The van der Waals surface area contributed by atoms with Crippen LogP contribution in [0.4, 0.5) is 13.2 Å². The van der Waals surface area contributed by atoms with Crippen LogP contribution in [0.1, 0.15) is 16.7 Å². The molecule has 2 aromatic carbocycles. The Morgan fingerprint density at radius 3 is 2.40 bits per heavy atom. The fourth-order valence-corrected chi connectivity index (χ4v) is 3.46. The zero-order valence-electron chi connectivity index (χ0n) is 16.0. The summed E-state index contributed by atoms with van der Waals surface area (Å²) in [5.74, 6) is 0.320. The number of ether oxygens (including phenoxy) is 1. The molecule has 0 unspecified atom stereocenters. The van der Waals surface area contributed by atoms with Gasteiger partial charge in [-0.15, -0.1) is 0 Å². The zero-order chi connectivity index (χ0) is 21.9. The van der Waals surface area contributed by atoms with Crippen molar-refractivity contribution in [1.82, 2.24) is 14.3 Å². The summed E-state index contributed by atoms with van der Waals surface area (Å²) < 4.78 is 70.7. The fraction of sp³-hybridized carbons (Fsp3) is 0.316. The van der Waals surface area contributed by atoms with Crippen LogP contribution >= 0.6 is 0 Å². The predicted octanol–water partition coefficient (Wildman–Crippen LogP) is 2.44. The molecule has 0 aliphatic carbocycles. The van der Waals surface area contributed by atoms with E-state index in [0.29, 0.717) is 18.7 Å².